The van der Waals surface area contributed by atoms with Crippen LogP contribution < -0.4 is 14.8 Å². The molecule has 0 fully saturated rings. The van der Waals surface area contributed by atoms with Crippen LogP contribution >= 0.6 is 12.4 Å². The second-order valence-electron chi connectivity index (χ2n) is 9.03. The van der Waals surface area contributed by atoms with Gasteiger partial charge in [0.1, 0.15) is 24.2 Å². The zero-order valence-electron chi connectivity index (χ0n) is 18.5. The minimum absolute atomic E-state index is 0. The molecule has 0 radical (unpaired) electrons. The van der Waals surface area contributed by atoms with Gasteiger partial charge in [-0.3, -0.25) is 0 Å². The first-order chi connectivity index (χ1) is 13.1. The van der Waals surface area contributed by atoms with E-state index in [1.165, 1.54) is 11.1 Å². The van der Waals surface area contributed by atoms with E-state index in [-0.39, 0.29) is 30.0 Å². The number of ether oxygens (including phenoxy) is 2. The van der Waals surface area contributed by atoms with Crippen molar-refractivity contribution in [1.82, 2.24) is 5.32 Å². The van der Waals surface area contributed by atoms with Crippen LogP contribution in [0.1, 0.15) is 45.7 Å². The van der Waals surface area contributed by atoms with E-state index < -0.39 is 6.10 Å². The van der Waals surface area contributed by atoms with Crippen molar-refractivity contribution in [3.05, 3.63) is 59.7 Å². The normalized spacial score (nSPS) is 12.8. The number of halogens is 1. The number of aliphatic hydroxyl groups is 1. The van der Waals surface area contributed by atoms with Crippen molar-refractivity contribution >= 4 is 12.4 Å². The van der Waals surface area contributed by atoms with Gasteiger partial charge in [0.05, 0.1) is 7.11 Å². The molecular weight excluding hydrogens is 386 g/mol. The number of aliphatic hydroxyl groups excluding tert-OH is 1. The highest BCUT2D eigenvalue weighted by Crippen LogP contribution is 2.25. The highest BCUT2D eigenvalue weighted by atomic mass is 35.5. The quantitative estimate of drug-likeness (QED) is 0.612. The number of hydrogen-bond acceptors (Lipinski definition) is 4. The number of rotatable bonds is 9. The van der Waals surface area contributed by atoms with Crippen molar-refractivity contribution in [3.8, 4) is 11.5 Å². The molecule has 5 heteroatoms. The van der Waals surface area contributed by atoms with E-state index in [2.05, 4.69) is 58.1 Å². The Morgan fingerprint density at radius 2 is 1.62 bits per heavy atom. The fraction of sp³-hybridized carbons (Fsp3) is 0.500. The fourth-order valence-corrected chi connectivity index (χ4v) is 3.01. The smallest absolute Gasteiger partial charge is 0.119 e. The summed E-state index contributed by atoms with van der Waals surface area (Å²) in [6.07, 6.45) is 0.284. The fourth-order valence-electron chi connectivity index (χ4n) is 3.01. The summed E-state index contributed by atoms with van der Waals surface area (Å²) in [6.45, 7) is 11.5. The molecule has 0 saturated carbocycles. The summed E-state index contributed by atoms with van der Waals surface area (Å²) in [5.41, 5.74) is 2.38. The summed E-state index contributed by atoms with van der Waals surface area (Å²) in [6, 6.07) is 16.2. The van der Waals surface area contributed by atoms with Crippen LogP contribution in [0.5, 0.6) is 11.5 Å². The number of hydrogen-bond donors (Lipinski definition) is 2. The lowest BCUT2D eigenvalue weighted by Gasteiger charge is -2.28. The maximum Gasteiger partial charge on any atom is 0.119 e. The van der Waals surface area contributed by atoms with E-state index in [0.29, 0.717) is 6.54 Å². The van der Waals surface area contributed by atoms with Gasteiger partial charge in [-0.1, -0.05) is 45.0 Å². The highest BCUT2D eigenvalue weighted by Gasteiger charge is 2.20. The molecule has 0 aromatic heterocycles. The number of benzene rings is 2. The SMILES string of the molecule is COc1ccc(CC(C)(C)NCC(O)COc2cccc(C(C)(C)C)c2)cc1.Cl. The summed E-state index contributed by atoms with van der Waals surface area (Å²) < 4.78 is 11.0. The van der Waals surface area contributed by atoms with Crippen molar-refractivity contribution in [2.24, 2.45) is 0 Å². The molecule has 0 aliphatic heterocycles. The Kier molecular flexibility index (Phi) is 9.47. The second-order valence-corrected chi connectivity index (χ2v) is 9.03. The molecule has 0 aliphatic carbocycles. The Labute approximate surface area is 182 Å². The monoisotopic (exact) mass is 421 g/mol. The average Bonchev–Trinajstić information content (AvgIpc) is 2.65. The second kappa shape index (κ2) is 10.9. The molecule has 2 N–H and O–H groups in total. The molecule has 0 bridgehead atoms. The van der Waals surface area contributed by atoms with E-state index in [4.69, 9.17) is 9.47 Å². The zero-order chi connectivity index (χ0) is 20.8. The van der Waals surface area contributed by atoms with Crippen LogP contribution in [0.25, 0.3) is 0 Å². The Bertz CT molecular complexity index is 739. The summed E-state index contributed by atoms with van der Waals surface area (Å²) in [5.74, 6) is 1.65. The average molecular weight is 422 g/mol. The van der Waals surface area contributed by atoms with E-state index in [1.807, 2.05) is 30.3 Å². The van der Waals surface area contributed by atoms with Gasteiger partial charge in [-0.05, 0) is 61.1 Å². The third kappa shape index (κ3) is 8.65. The van der Waals surface area contributed by atoms with Crippen molar-refractivity contribution in [2.45, 2.75) is 58.1 Å². The topological polar surface area (TPSA) is 50.7 Å². The molecule has 2 aromatic rings. The first-order valence-electron chi connectivity index (χ1n) is 9.88. The minimum atomic E-state index is -0.576. The molecule has 4 nitrogen and oxygen atoms in total. The number of methoxy groups -OCH3 is 1. The maximum atomic E-state index is 10.3. The van der Waals surface area contributed by atoms with Crippen LogP contribution in [0, 0.1) is 0 Å². The van der Waals surface area contributed by atoms with Gasteiger partial charge in [-0.2, -0.15) is 0 Å². The van der Waals surface area contributed by atoms with Crippen LogP contribution in [-0.4, -0.2) is 37.0 Å². The summed E-state index contributed by atoms with van der Waals surface area (Å²) >= 11 is 0. The molecule has 0 aliphatic rings. The van der Waals surface area contributed by atoms with Gasteiger partial charge in [0, 0.05) is 12.1 Å². The van der Waals surface area contributed by atoms with Crippen LogP contribution in [-0.2, 0) is 11.8 Å². The summed E-state index contributed by atoms with van der Waals surface area (Å²) in [7, 11) is 1.67. The third-order valence-corrected chi connectivity index (χ3v) is 4.76. The van der Waals surface area contributed by atoms with Crippen molar-refractivity contribution in [2.75, 3.05) is 20.3 Å². The molecule has 1 atom stereocenters. The van der Waals surface area contributed by atoms with Crippen LogP contribution in [0.4, 0.5) is 0 Å². The molecule has 0 saturated heterocycles. The molecule has 0 amide bonds. The zero-order valence-corrected chi connectivity index (χ0v) is 19.3. The Morgan fingerprint density at radius 3 is 2.21 bits per heavy atom. The van der Waals surface area contributed by atoms with Crippen molar-refractivity contribution in [1.29, 1.82) is 0 Å². The van der Waals surface area contributed by atoms with Gasteiger partial charge < -0.3 is 19.9 Å². The lowest BCUT2D eigenvalue weighted by Crippen LogP contribution is -2.46. The van der Waals surface area contributed by atoms with Gasteiger partial charge in [-0.15, -0.1) is 12.4 Å². The predicted octanol–water partition coefficient (Wildman–Crippen LogP) is 4.77. The molecule has 162 valence electrons. The van der Waals surface area contributed by atoms with Crippen LogP contribution in [0.2, 0.25) is 0 Å². The first kappa shape index (κ1) is 25.3. The largest absolute Gasteiger partial charge is 0.497 e. The van der Waals surface area contributed by atoms with Gasteiger partial charge in [0.25, 0.3) is 0 Å². The minimum Gasteiger partial charge on any atom is -0.497 e. The van der Waals surface area contributed by atoms with Gasteiger partial charge in [0.15, 0.2) is 0 Å². The number of β-amino-alcohol motifs (C(OH)–C–C–N with tert-alkyl or cyclic N) is 1. The van der Waals surface area contributed by atoms with Gasteiger partial charge in [0.2, 0.25) is 0 Å². The summed E-state index contributed by atoms with van der Waals surface area (Å²) in [5, 5.41) is 13.8. The Hall–Kier alpha value is -1.75. The summed E-state index contributed by atoms with van der Waals surface area (Å²) in [4.78, 5) is 0. The molecule has 1 unspecified atom stereocenters. The number of nitrogens with one attached hydrogen (secondary N) is 1. The third-order valence-electron chi connectivity index (χ3n) is 4.76. The standard InChI is InChI=1S/C24H35NO3.ClH/c1-23(2,3)19-8-7-9-22(14-19)28-17-20(26)16-25-24(4,5)15-18-10-12-21(27-6)13-11-18;/h7-14,20,25-26H,15-17H2,1-6H3;1H. The molecule has 0 heterocycles. The molecular formula is C24H36ClNO3. The molecule has 0 spiro atoms. The predicted molar refractivity (Wildman–Crippen MR) is 123 cm³/mol. The Morgan fingerprint density at radius 1 is 0.966 bits per heavy atom. The van der Waals surface area contributed by atoms with Crippen molar-refractivity contribution in [3.63, 3.8) is 0 Å². The van der Waals surface area contributed by atoms with Gasteiger partial charge in [-0.25, -0.2) is 0 Å². The lowest BCUT2D eigenvalue weighted by molar-refractivity contribution is 0.0987. The maximum absolute atomic E-state index is 10.3. The van der Waals surface area contributed by atoms with Crippen LogP contribution in [0.3, 0.4) is 0 Å². The van der Waals surface area contributed by atoms with E-state index >= 15 is 0 Å². The first-order valence-corrected chi connectivity index (χ1v) is 9.88. The van der Waals surface area contributed by atoms with E-state index in [9.17, 15) is 5.11 Å². The Balaban J connectivity index is 0.00000420. The highest BCUT2D eigenvalue weighted by molar-refractivity contribution is 5.85. The molecule has 29 heavy (non-hydrogen) atoms. The van der Waals surface area contributed by atoms with E-state index in [0.717, 1.165) is 17.9 Å². The van der Waals surface area contributed by atoms with Gasteiger partial charge >= 0.3 is 0 Å². The van der Waals surface area contributed by atoms with E-state index in [1.54, 1.807) is 7.11 Å². The molecule has 2 rings (SSSR count). The lowest BCUT2D eigenvalue weighted by atomic mass is 9.87. The van der Waals surface area contributed by atoms with Crippen molar-refractivity contribution < 1.29 is 14.6 Å². The molecule has 2 aromatic carbocycles. The van der Waals surface area contributed by atoms with Crippen LogP contribution in [0.15, 0.2) is 48.5 Å².